The first-order chi connectivity index (χ1) is 8.38. The van der Waals surface area contributed by atoms with Crippen molar-refractivity contribution in [2.75, 3.05) is 0 Å². The molecule has 1 saturated carbocycles. The monoisotopic (exact) mass is 266 g/mol. The van der Waals surface area contributed by atoms with Gasteiger partial charge < -0.3 is 5.73 Å². The minimum Gasteiger partial charge on any atom is -0.322 e. The summed E-state index contributed by atoms with van der Waals surface area (Å²) in [4.78, 5) is 4.55. The number of rotatable bonds is 2. The van der Waals surface area contributed by atoms with Crippen LogP contribution in [-0.4, -0.2) is 4.98 Å². The maximum absolute atomic E-state index is 6.39. The van der Waals surface area contributed by atoms with Crippen molar-refractivity contribution in [2.45, 2.75) is 59.4 Å². The molecule has 1 aliphatic rings. The van der Waals surface area contributed by atoms with Gasteiger partial charge in [-0.25, -0.2) is 4.98 Å². The average Bonchev–Trinajstić information content (AvgIpc) is 2.74. The average molecular weight is 266 g/mol. The summed E-state index contributed by atoms with van der Waals surface area (Å²) >= 11 is 1.72. The van der Waals surface area contributed by atoms with Crippen LogP contribution in [0.15, 0.2) is 5.38 Å². The van der Waals surface area contributed by atoms with Gasteiger partial charge in [0.25, 0.3) is 0 Å². The van der Waals surface area contributed by atoms with E-state index in [1.807, 2.05) is 6.92 Å². The molecule has 3 heteroatoms. The quantitative estimate of drug-likeness (QED) is 0.866. The summed E-state index contributed by atoms with van der Waals surface area (Å²) in [5.41, 5.74) is 7.94. The second-order valence-electron chi connectivity index (χ2n) is 6.83. The first kappa shape index (κ1) is 14.0. The van der Waals surface area contributed by atoms with E-state index in [0.717, 1.165) is 16.6 Å². The molecule has 2 rings (SSSR count). The van der Waals surface area contributed by atoms with Crippen LogP contribution in [-0.2, 0) is 0 Å². The van der Waals surface area contributed by atoms with E-state index in [0.29, 0.717) is 11.3 Å². The maximum Gasteiger partial charge on any atom is 0.110 e. The second kappa shape index (κ2) is 5.30. The van der Waals surface area contributed by atoms with Crippen molar-refractivity contribution in [1.82, 2.24) is 4.98 Å². The van der Waals surface area contributed by atoms with Crippen LogP contribution >= 0.6 is 11.3 Å². The van der Waals surface area contributed by atoms with E-state index in [1.54, 1.807) is 11.3 Å². The molecule has 0 radical (unpaired) electrons. The molecular weight excluding hydrogens is 240 g/mol. The molecule has 2 nitrogen and oxygen atoms in total. The van der Waals surface area contributed by atoms with Gasteiger partial charge in [0.1, 0.15) is 5.01 Å². The predicted molar refractivity (Wildman–Crippen MR) is 78.7 cm³/mol. The third-order valence-corrected chi connectivity index (χ3v) is 5.49. The molecule has 0 saturated heterocycles. The van der Waals surface area contributed by atoms with Gasteiger partial charge in [0, 0.05) is 11.1 Å². The van der Waals surface area contributed by atoms with Crippen LogP contribution < -0.4 is 5.73 Å². The third-order valence-electron chi connectivity index (χ3n) is 4.43. The molecule has 0 aromatic carbocycles. The van der Waals surface area contributed by atoms with Gasteiger partial charge in [-0.2, -0.15) is 0 Å². The standard InChI is InChI=1S/C15H26N2S/c1-10-9-18-14(17-10)13(16)11-5-7-12(8-6-11)15(2,3)4/h9,11-13H,5-8,16H2,1-4H3. The van der Waals surface area contributed by atoms with E-state index in [1.165, 1.54) is 25.7 Å². The SMILES string of the molecule is Cc1csc(C(N)C2CCC(C(C)(C)C)CC2)n1. The Hall–Kier alpha value is -0.410. The number of thiazole rings is 1. The Morgan fingerprint density at radius 3 is 2.33 bits per heavy atom. The van der Waals surface area contributed by atoms with Gasteiger partial charge in [-0.05, 0) is 49.9 Å². The summed E-state index contributed by atoms with van der Waals surface area (Å²) in [5.74, 6) is 1.49. The summed E-state index contributed by atoms with van der Waals surface area (Å²) in [6.45, 7) is 9.13. The molecule has 102 valence electrons. The zero-order chi connectivity index (χ0) is 13.3. The van der Waals surface area contributed by atoms with Crippen LogP contribution in [0.1, 0.15) is 63.2 Å². The van der Waals surface area contributed by atoms with Crippen molar-refractivity contribution in [2.24, 2.45) is 23.0 Å². The largest absolute Gasteiger partial charge is 0.322 e. The molecule has 1 aromatic rings. The van der Waals surface area contributed by atoms with Crippen LogP contribution in [0.3, 0.4) is 0 Å². The molecular formula is C15H26N2S. The lowest BCUT2D eigenvalue weighted by atomic mass is 9.68. The molecule has 18 heavy (non-hydrogen) atoms. The van der Waals surface area contributed by atoms with Gasteiger partial charge in [0.15, 0.2) is 0 Å². The normalized spacial score (nSPS) is 27.2. The number of nitrogens with two attached hydrogens (primary N) is 1. The molecule has 1 heterocycles. The summed E-state index contributed by atoms with van der Waals surface area (Å²) < 4.78 is 0. The molecule has 0 spiro atoms. The van der Waals surface area contributed by atoms with Gasteiger partial charge >= 0.3 is 0 Å². The lowest BCUT2D eigenvalue weighted by Crippen LogP contribution is -2.30. The number of hydrogen-bond acceptors (Lipinski definition) is 3. The molecule has 1 aromatic heterocycles. The van der Waals surface area contributed by atoms with Crippen LogP contribution in [0.5, 0.6) is 0 Å². The lowest BCUT2D eigenvalue weighted by Gasteiger charge is -2.38. The van der Waals surface area contributed by atoms with Gasteiger partial charge in [-0.1, -0.05) is 20.8 Å². The Morgan fingerprint density at radius 1 is 1.28 bits per heavy atom. The highest BCUT2D eigenvalue weighted by molar-refractivity contribution is 7.09. The Bertz CT molecular complexity index is 383. The van der Waals surface area contributed by atoms with Gasteiger partial charge in [-0.3, -0.25) is 0 Å². The fourth-order valence-electron chi connectivity index (χ4n) is 3.07. The Kier molecular flexibility index (Phi) is 4.12. The van der Waals surface area contributed by atoms with Crippen molar-refractivity contribution in [3.63, 3.8) is 0 Å². The maximum atomic E-state index is 6.39. The van der Waals surface area contributed by atoms with E-state index in [4.69, 9.17) is 5.73 Å². The van der Waals surface area contributed by atoms with Crippen molar-refractivity contribution >= 4 is 11.3 Å². The number of hydrogen-bond donors (Lipinski definition) is 1. The minimum atomic E-state index is 0.157. The summed E-state index contributed by atoms with van der Waals surface area (Å²) in [7, 11) is 0. The van der Waals surface area contributed by atoms with Crippen molar-refractivity contribution in [3.8, 4) is 0 Å². The molecule has 2 N–H and O–H groups in total. The summed E-state index contributed by atoms with van der Waals surface area (Å²) in [6.07, 6.45) is 5.18. The van der Waals surface area contributed by atoms with E-state index in [2.05, 4.69) is 31.1 Å². The highest BCUT2D eigenvalue weighted by atomic mass is 32.1. The van der Waals surface area contributed by atoms with Crippen molar-refractivity contribution < 1.29 is 0 Å². The fraction of sp³-hybridized carbons (Fsp3) is 0.800. The lowest BCUT2D eigenvalue weighted by molar-refractivity contribution is 0.139. The minimum absolute atomic E-state index is 0.157. The highest BCUT2D eigenvalue weighted by Gasteiger charge is 2.32. The van der Waals surface area contributed by atoms with E-state index in [-0.39, 0.29) is 6.04 Å². The van der Waals surface area contributed by atoms with Crippen molar-refractivity contribution in [1.29, 1.82) is 0 Å². The Labute approximate surface area is 115 Å². The molecule has 1 unspecified atom stereocenters. The molecule has 1 aliphatic carbocycles. The van der Waals surface area contributed by atoms with Gasteiger partial charge in [0.2, 0.25) is 0 Å². The Balaban J connectivity index is 1.94. The number of nitrogens with zero attached hydrogens (tertiary/aromatic N) is 1. The molecule has 0 aliphatic heterocycles. The van der Waals surface area contributed by atoms with Gasteiger partial charge in [-0.15, -0.1) is 11.3 Å². The smallest absolute Gasteiger partial charge is 0.110 e. The van der Waals surface area contributed by atoms with Crippen LogP contribution in [0.2, 0.25) is 0 Å². The number of aromatic nitrogens is 1. The third kappa shape index (κ3) is 3.12. The highest BCUT2D eigenvalue weighted by Crippen LogP contribution is 2.43. The van der Waals surface area contributed by atoms with Gasteiger partial charge in [0.05, 0.1) is 6.04 Å². The zero-order valence-corrected chi connectivity index (χ0v) is 12.9. The molecule has 1 fully saturated rings. The van der Waals surface area contributed by atoms with Crippen LogP contribution in [0.25, 0.3) is 0 Å². The zero-order valence-electron chi connectivity index (χ0n) is 12.1. The van der Waals surface area contributed by atoms with Crippen LogP contribution in [0, 0.1) is 24.2 Å². The first-order valence-corrected chi connectivity index (χ1v) is 7.93. The summed E-state index contributed by atoms with van der Waals surface area (Å²) in [5, 5.41) is 3.24. The molecule has 0 bridgehead atoms. The molecule has 0 amide bonds. The number of aryl methyl sites for hydroxylation is 1. The summed E-state index contributed by atoms with van der Waals surface area (Å²) in [6, 6.07) is 0.157. The fourth-order valence-corrected chi connectivity index (χ4v) is 3.96. The van der Waals surface area contributed by atoms with Crippen LogP contribution in [0.4, 0.5) is 0 Å². The van der Waals surface area contributed by atoms with E-state index < -0.39 is 0 Å². The first-order valence-electron chi connectivity index (χ1n) is 7.05. The topological polar surface area (TPSA) is 38.9 Å². The second-order valence-corrected chi connectivity index (χ2v) is 7.72. The predicted octanol–water partition coefficient (Wildman–Crippen LogP) is 4.30. The van der Waals surface area contributed by atoms with E-state index >= 15 is 0 Å². The molecule has 1 atom stereocenters. The van der Waals surface area contributed by atoms with E-state index in [9.17, 15) is 0 Å². The Morgan fingerprint density at radius 2 is 1.89 bits per heavy atom. The van der Waals surface area contributed by atoms with Crippen molar-refractivity contribution in [3.05, 3.63) is 16.1 Å².